The van der Waals surface area contributed by atoms with Gasteiger partial charge in [0.15, 0.2) is 0 Å². The molecule has 0 rings (SSSR count). The number of rotatable bonds is 3. The molecular formula is H7BO7P4. The molecule has 0 aliphatic heterocycles. The summed E-state index contributed by atoms with van der Waals surface area (Å²) < 4.78 is 21.2. The van der Waals surface area contributed by atoms with Gasteiger partial charge in [-0.15, -0.1) is 8.93 Å². The summed E-state index contributed by atoms with van der Waals surface area (Å²) in [6.07, 6.45) is 0. The first kappa shape index (κ1) is 13.2. The van der Waals surface area contributed by atoms with Crippen LogP contribution in [0.4, 0.5) is 0 Å². The quantitative estimate of drug-likeness (QED) is 0.338. The minimum absolute atomic E-state index is 1.57. The van der Waals surface area contributed by atoms with Crippen LogP contribution in [0.3, 0.4) is 0 Å². The lowest BCUT2D eigenvalue weighted by Gasteiger charge is -2.18. The normalized spacial score (nSPS) is 19.8. The Balaban J connectivity index is 4.88. The zero-order valence-electron chi connectivity index (χ0n) is 5.55. The van der Waals surface area contributed by atoms with Gasteiger partial charge in [-0.05, 0) is 0 Å². The first-order valence-electron chi connectivity index (χ1n) is 2.40. The summed E-state index contributed by atoms with van der Waals surface area (Å²) >= 11 is 0. The van der Waals surface area contributed by atoms with Crippen LogP contribution in [0.25, 0.3) is 0 Å². The van der Waals surface area contributed by atoms with Gasteiger partial charge in [-0.1, -0.05) is 0 Å². The molecule has 0 saturated heterocycles. The fourth-order valence-corrected chi connectivity index (χ4v) is 9.31. The lowest BCUT2D eigenvalue weighted by atomic mass is 10.4. The number of hydrogen-bond acceptors (Lipinski definition) is 4. The van der Waals surface area contributed by atoms with E-state index in [0.717, 1.165) is 0 Å². The van der Waals surface area contributed by atoms with Crippen molar-refractivity contribution in [3.8, 4) is 0 Å². The molecule has 72 valence electrons. The van der Waals surface area contributed by atoms with Gasteiger partial charge in [-0.3, -0.25) is 4.57 Å². The molecule has 0 bridgehead atoms. The van der Waals surface area contributed by atoms with Crippen LogP contribution in [0, 0.1) is 0 Å². The molecular weight excluding hydrogens is 247 g/mol. The van der Waals surface area contributed by atoms with Gasteiger partial charge in [0.1, 0.15) is 0 Å². The largest absolute Gasteiger partial charge is 0.495 e. The maximum absolute atomic E-state index is 10.9. The van der Waals surface area contributed by atoms with Gasteiger partial charge in [0.05, 0.1) is 0 Å². The Morgan fingerprint density at radius 1 is 1.17 bits per heavy atom. The molecule has 3 unspecified atom stereocenters. The van der Waals surface area contributed by atoms with E-state index in [1.165, 1.54) is 0 Å². The molecule has 5 N–H and O–H groups in total. The summed E-state index contributed by atoms with van der Waals surface area (Å²) in [7, 11) is -6.11. The third-order valence-electron chi connectivity index (χ3n) is 0.877. The first-order chi connectivity index (χ1) is 5.10. The molecule has 12 heteroatoms. The van der Waals surface area contributed by atoms with Crippen LogP contribution in [0.2, 0.25) is 0 Å². The molecule has 0 aromatic heterocycles. The van der Waals surface area contributed by atoms with E-state index in [1.807, 2.05) is 0 Å². The fourth-order valence-electron chi connectivity index (χ4n) is 0.269. The molecule has 0 aromatic carbocycles. The highest BCUT2D eigenvalue weighted by molar-refractivity contribution is 8.79. The van der Waals surface area contributed by atoms with Crippen molar-refractivity contribution in [3.63, 3.8) is 0 Å². The van der Waals surface area contributed by atoms with E-state index in [9.17, 15) is 9.13 Å². The summed E-state index contributed by atoms with van der Waals surface area (Å²) in [5.74, 6) is 0. The van der Waals surface area contributed by atoms with Crippen molar-refractivity contribution in [2.45, 2.75) is 0 Å². The second-order valence-corrected chi connectivity index (χ2v) is 15.1. The van der Waals surface area contributed by atoms with Gasteiger partial charge in [0, 0.05) is 7.18 Å². The monoisotopic (exact) mass is 254 g/mol. The number of hydrogen-bond donors (Lipinski definition) is 5. The lowest BCUT2D eigenvalue weighted by molar-refractivity contribution is 0.380. The van der Waals surface area contributed by atoms with Crippen molar-refractivity contribution < 1.29 is 33.9 Å². The minimum Gasteiger partial charge on any atom is -0.423 e. The van der Waals surface area contributed by atoms with E-state index >= 15 is 0 Å². The van der Waals surface area contributed by atoms with Crippen LogP contribution >= 0.6 is 30.1 Å². The second-order valence-electron chi connectivity index (χ2n) is 1.75. The van der Waals surface area contributed by atoms with Crippen LogP contribution in [0.15, 0.2) is 0 Å². The Hall–Kier alpha value is 1.18. The third-order valence-corrected chi connectivity index (χ3v) is 16.4. The molecule has 0 heterocycles. The molecule has 0 aromatic rings. The average molecular weight is 254 g/mol. The molecule has 0 fully saturated rings. The van der Waals surface area contributed by atoms with Crippen molar-refractivity contribution in [2.24, 2.45) is 0 Å². The predicted molar refractivity (Wildman–Crippen MR) is 48.7 cm³/mol. The van der Waals surface area contributed by atoms with E-state index in [2.05, 4.69) is 0 Å². The molecule has 3 atom stereocenters. The fraction of sp³-hybridized carbons (Fsp3) is 0. The molecule has 0 radical (unpaired) electrons. The van der Waals surface area contributed by atoms with Gasteiger partial charge >= 0.3 is 20.9 Å². The van der Waals surface area contributed by atoms with E-state index in [-0.39, 0.29) is 0 Å². The lowest BCUT2D eigenvalue weighted by Crippen LogP contribution is -2.05. The van der Waals surface area contributed by atoms with Crippen molar-refractivity contribution in [3.05, 3.63) is 0 Å². The molecule has 0 amide bonds. The van der Waals surface area contributed by atoms with Crippen molar-refractivity contribution in [1.29, 1.82) is 0 Å². The molecule has 0 aliphatic carbocycles. The summed E-state index contributed by atoms with van der Waals surface area (Å²) in [4.78, 5) is 25.5. The topological polar surface area (TPSA) is 135 Å². The Morgan fingerprint density at radius 2 is 1.50 bits per heavy atom. The zero-order chi connectivity index (χ0) is 10.2. The van der Waals surface area contributed by atoms with Gasteiger partial charge in [-0.25, -0.2) is 4.57 Å². The predicted octanol–water partition coefficient (Wildman–Crippen LogP) is -0.494. The second kappa shape index (κ2) is 4.14. The van der Waals surface area contributed by atoms with Gasteiger partial charge in [-0.2, -0.15) is 0 Å². The van der Waals surface area contributed by atoms with E-state index < -0.39 is 28.0 Å². The van der Waals surface area contributed by atoms with E-state index in [0.29, 0.717) is 0 Å². The van der Waals surface area contributed by atoms with E-state index in [1.54, 1.807) is 8.93 Å². The van der Waals surface area contributed by atoms with Gasteiger partial charge in [0.25, 0.3) is 0 Å². The highest BCUT2D eigenvalue weighted by Crippen LogP contribution is 2.94. The van der Waals surface area contributed by atoms with Crippen LogP contribution < -0.4 is 0 Å². The molecule has 12 heavy (non-hydrogen) atoms. The Bertz CT molecular complexity index is 240. The summed E-state index contributed by atoms with van der Waals surface area (Å²) in [6.45, 7) is -7.03. The maximum atomic E-state index is 10.9. The summed E-state index contributed by atoms with van der Waals surface area (Å²) in [5, 5.41) is 16.8. The third kappa shape index (κ3) is 2.85. The molecule has 0 saturated carbocycles. The standard InChI is InChI=1S/BH7O7P4/c2-1(3)10(9)12(7,8)11(4,5)6/h2-3H,9H2,(H,7,8)(H2,4,5,6). The van der Waals surface area contributed by atoms with Crippen LogP contribution in [-0.4, -0.2) is 31.6 Å². The van der Waals surface area contributed by atoms with Crippen molar-refractivity contribution in [2.75, 3.05) is 0 Å². The average Bonchev–Trinajstić information content (AvgIpc) is 1.83. The molecule has 0 spiro atoms. The SMILES string of the molecule is O=P(O)(O)P(=O)(O)P(P)B(O)O. The summed E-state index contributed by atoms with van der Waals surface area (Å²) in [5.41, 5.74) is 0. The van der Waals surface area contributed by atoms with Crippen molar-refractivity contribution in [1.82, 2.24) is 0 Å². The smallest absolute Gasteiger partial charge is 0.423 e. The van der Waals surface area contributed by atoms with Gasteiger partial charge < -0.3 is 24.7 Å². The van der Waals surface area contributed by atoms with Crippen LogP contribution in [0.5, 0.6) is 0 Å². The van der Waals surface area contributed by atoms with E-state index in [4.69, 9.17) is 24.7 Å². The minimum atomic E-state index is -5.18. The molecule has 0 aliphatic rings. The maximum Gasteiger partial charge on any atom is 0.495 e. The highest BCUT2D eigenvalue weighted by atomic mass is 32.7. The van der Waals surface area contributed by atoms with Crippen LogP contribution in [0.1, 0.15) is 0 Å². The molecule has 7 nitrogen and oxygen atoms in total. The zero-order valence-corrected chi connectivity index (χ0v) is 9.39. The highest BCUT2D eigenvalue weighted by Gasteiger charge is 2.49. The van der Waals surface area contributed by atoms with Crippen LogP contribution in [-0.2, 0) is 9.13 Å². The Labute approximate surface area is 71.5 Å². The Kier molecular flexibility index (Phi) is 4.55. The Morgan fingerprint density at radius 3 is 1.58 bits per heavy atom. The van der Waals surface area contributed by atoms with Gasteiger partial charge in [0.2, 0.25) is 0 Å². The van der Waals surface area contributed by atoms with Crippen molar-refractivity contribution >= 4 is 37.0 Å². The first-order valence-corrected chi connectivity index (χ1v) is 10.1. The summed E-state index contributed by atoms with van der Waals surface area (Å²) in [6, 6.07) is 0.